The van der Waals surface area contributed by atoms with Crippen molar-refractivity contribution < 1.29 is 43.9 Å². The number of benzene rings is 2. The monoisotopic (exact) mass is 549 g/mol. The zero-order chi connectivity index (χ0) is 28.2. The van der Waals surface area contributed by atoms with Crippen LogP contribution in [0, 0.1) is 0 Å². The molecule has 10 nitrogen and oxygen atoms in total. The number of piperidine rings is 1. The van der Waals surface area contributed by atoms with Crippen molar-refractivity contribution >= 4 is 17.9 Å². The van der Waals surface area contributed by atoms with Crippen LogP contribution in [0.1, 0.15) is 54.0 Å². The maximum atomic E-state index is 12.9. The summed E-state index contributed by atoms with van der Waals surface area (Å²) in [5.41, 5.74) is 0.876. The Hall–Kier alpha value is -3.73. The number of aliphatic carboxylic acids is 1. The van der Waals surface area contributed by atoms with E-state index in [0.717, 1.165) is 11.1 Å². The van der Waals surface area contributed by atoms with E-state index in [2.05, 4.69) is 4.90 Å². The largest absolute Gasteiger partial charge is 0.481 e. The molecule has 3 N–H and O–H groups in total. The number of likely N-dealkylation sites (tertiary alicyclic amines) is 1. The highest BCUT2D eigenvalue weighted by Crippen LogP contribution is 2.64. The summed E-state index contributed by atoms with van der Waals surface area (Å²) in [5, 5.41) is 31.7. The number of rotatable bonds is 8. The Morgan fingerprint density at radius 2 is 1.88 bits per heavy atom. The van der Waals surface area contributed by atoms with Crippen molar-refractivity contribution in [3.8, 4) is 5.75 Å². The van der Waals surface area contributed by atoms with E-state index in [9.17, 15) is 29.7 Å². The van der Waals surface area contributed by atoms with E-state index in [1.165, 1.54) is 0 Å². The van der Waals surface area contributed by atoms with Gasteiger partial charge in [-0.25, -0.2) is 4.79 Å². The molecule has 2 aliphatic carbocycles. The van der Waals surface area contributed by atoms with Gasteiger partial charge in [0.1, 0.15) is 11.5 Å². The van der Waals surface area contributed by atoms with Crippen molar-refractivity contribution in [3.63, 3.8) is 0 Å². The molecule has 2 aromatic carbocycles. The fourth-order valence-electron chi connectivity index (χ4n) is 7.10. The van der Waals surface area contributed by atoms with Crippen molar-refractivity contribution in [2.24, 2.45) is 0 Å². The Morgan fingerprint density at radius 1 is 1.12 bits per heavy atom. The lowest BCUT2D eigenvalue weighted by Gasteiger charge is -2.61. The number of likely N-dealkylation sites (N-methyl/N-ethyl adjacent to an activating group) is 1. The van der Waals surface area contributed by atoms with Crippen LogP contribution < -0.4 is 4.74 Å². The summed E-state index contributed by atoms with van der Waals surface area (Å²) >= 11 is 0. The average molecular weight is 550 g/mol. The van der Waals surface area contributed by atoms with Gasteiger partial charge >= 0.3 is 17.9 Å². The quantitative estimate of drug-likeness (QED) is 0.419. The molecule has 2 aromatic rings. The number of ether oxygens (including phenoxy) is 3. The van der Waals surface area contributed by atoms with E-state index >= 15 is 0 Å². The molecule has 4 aliphatic rings. The van der Waals surface area contributed by atoms with Gasteiger partial charge in [-0.05, 0) is 38.1 Å². The highest BCUT2D eigenvalue weighted by atomic mass is 16.6. The molecule has 10 heteroatoms. The van der Waals surface area contributed by atoms with E-state index in [1.54, 1.807) is 36.4 Å². The van der Waals surface area contributed by atoms with Gasteiger partial charge in [0.15, 0.2) is 6.10 Å². The van der Waals surface area contributed by atoms with Crippen LogP contribution in [0.4, 0.5) is 0 Å². The Kier molecular flexibility index (Phi) is 6.44. The Labute approximate surface area is 230 Å². The number of carbonyl (C=O) groups is 3. The summed E-state index contributed by atoms with van der Waals surface area (Å²) in [6.45, 7) is 0.489. The zero-order valence-electron chi connectivity index (χ0n) is 22.0. The molecular weight excluding hydrogens is 518 g/mol. The second-order valence-corrected chi connectivity index (χ2v) is 11.0. The number of aliphatic hydroxyl groups is 2. The van der Waals surface area contributed by atoms with Crippen molar-refractivity contribution in [1.29, 1.82) is 0 Å². The molecule has 0 aromatic heterocycles. The van der Waals surface area contributed by atoms with Crippen LogP contribution in [0.25, 0.3) is 0 Å². The molecule has 0 radical (unpaired) electrons. The van der Waals surface area contributed by atoms with Gasteiger partial charge in [0.05, 0.1) is 30.5 Å². The third-order valence-electron chi connectivity index (χ3n) is 8.97. The molecule has 5 atom stereocenters. The van der Waals surface area contributed by atoms with Gasteiger partial charge in [-0.3, -0.25) is 9.59 Å². The topological polar surface area (TPSA) is 143 Å². The Morgan fingerprint density at radius 3 is 2.60 bits per heavy atom. The van der Waals surface area contributed by atoms with Crippen LogP contribution in [0.2, 0.25) is 0 Å². The highest BCUT2D eigenvalue weighted by molar-refractivity contribution is 5.82. The number of carboxylic acid groups (broad SMARTS) is 1. The first kappa shape index (κ1) is 26.5. The maximum Gasteiger partial charge on any atom is 0.349 e. The lowest BCUT2D eigenvalue weighted by molar-refractivity contribution is -0.170. The normalized spacial score (nSPS) is 28.5. The SMILES string of the molecule is CN1CC[C@]23c4c5ccc(CO)c4O[C@H]2C(OC(=O)CCC(=O)O[C@H](C(=O)O)c2ccccc2)=CC[C@@]3(O)[C@H]1C5. The number of aliphatic hydroxyl groups excluding tert-OH is 1. The summed E-state index contributed by atoms with van der Waals surface area (Å²) in [7, 11) is 2.00. The average Bonchev–Trinajstić information content (AvgIpc) is 3.30. The van der Waals surface area contributed by atoms with Gasteiger partial charge in [-0.1, -0.05) is 42.5 Å². The van der Waals surface area contributed by atoms with Gasteiger partial charge in [0, 0.05) is 29.2 Å². The number of carboxylic acids is 1. The van der Waals surface area contributed by atoms with Crippen molar-refractivity contribution in [2.45, 2.75) is 68.0 Å². The Balaban J connectivity index is 1.20. The van der Waals surface area contributed by atoms with Gasteiger partial charge < -0.3 is 34.4 Å². The lowest BCUT2D eigenvalue weighted by Crippen LogP contribution is -2.74. The number of esters is 2. The number of nitrogens with zero attached hydrogens (tertiary/aromatic N) is 1. The molecule has 1 saturated heterocycles. The molecule has 210 valence electrons. The molecular formula is C30H31NO9. The number of carbonyl (C=O) groups excluding carboxylic acids is 2. The van der Waals surface area contributed by atoms with Gasteiger partial charge in [0.25, 0.3) is 0 Å². The van der Waals surface area contributed by atoms with Crippen LogP contribution in [0.5, 0.6) is 5.75 Å². The minimum absolute atomic E-state index is 0.152. The highest BCUT2D eigenvalue weighted by Gasteiger charge is 2.71. The summed E-state index contributed by atoms with van der Waals surface area (Å²) in [6, 6.07) is 11.8. The predicted octanol–water partition coefficient (Wildman–Crippen LogP) is 2.15. The Bertz CT molecular complexity index is 1410. The van der Waals surface area contributed by atoms with Crippen LogP contribution >= 0.6 is 0 Å². The van der Waals surface area contributed by atoms with Crippen LogP contribution in [0.15, 0.2) is 54.3 Å². The molecule has 1 fully saturated rings. The predicted molar refractivity (Wildman–Crippen MR) is 139 cm³/mol. The van der Waals surface area contributed by atoms with E-state index in [-0.39, 0.29) is 37.7 Å². The summed E-state index contributed by atoms with van der Waals surface area (Å²) < 4.78 is 17.3. The first-order valence-electron chi connectivity index (χ1n) is 13.4. The van der Waals surface area contributed by atoms with Crippen molar-refractivity contribution in [3.05, 3.63) is 76.6 Å². The number of hydrogen-bond acceptors (Lipinski definition) is 9. The van der Waals surface area contributed by atoms with Crippen molar-refractivity contribution in [2.75, 3.05) is 13.6 Å². The smallest absolute Gasteiger partial charge is 0.349 e. The molecule has 1 spiro atoms. The van der Waals surface area contributed by atoms with Crippen molar-refractivity contribution in [1.82, 2.24) is 4.90 Å². The second-order valence-electron chi connectivity index (χ2n) is 11.0. The van der Waals surface area contributed by atoms with Crippen LogP contribution in [-0.4, -0.2) is 69.5 Å². The van der Waals surface area contributed by atoms with E-state index in [4.69, 9.17) is 14.2 Å². The molecule has 2 bridgehead atoms. The molecule has 2 heterocycles. The standard InChI is InChI=1S/C30H31NO9/c1-31-14-13-29-24-18-7-8-19(16-32)25(24)40-27(29)20(11-12-30(29,37)21(31)15-18)38-22(33)9-10-23(34)39-26(28(35)36)17-5-3-2-4-6-17/h2-8,11,21,26-27,32,37H,9-10,12-16H2,1H3,(H,35,36)/t21-,26+,27+,29+,30-/m1/s1. The summed E-state index contributed by atoms with van der Waals surface area (Å²) in [5.74, 6) is -2.04. The first-order valence-corrected chi connectivity index (χ1v) is 13.4. The first-order chi connectivity index (χ1) is 19.2. The van der Waals surface area contributed by atoms with E-state index in [0.29, 0.717) is 36.3 Å². The maximum absolute atomic E-state index is 12.9. The van der Waals surface area contributed by atoms with Gasteiger partial charge in [0.2, 0.25) is 6.10 Å². The summed E-state index contributed by atoms with van der Waals surface area (Å²) in [4.78, 5) is 39.1. The third kappa shape index (κ3) is 3.85. The molecule has 0 saturated carbocycles. The van der Waals surface area contributed by atoms with Gasteiger partial charge in [-0.2, -0.15) is 0 Å². The van der Waals surface area contributed by atoms with E-state index < -0.39 is 41.1 Å². The molecule has 6 rings (SSSR count). The molecule has 40 heavy (non-hydrogen) atoms. The minimum Gasteiger partial charge on any atom is -0.481 e. The third-order valence-corrected chi connectivity index (χ3v) is 8.97. The van der Waals surface area contributed by atoms with E-state index in [1.807, 2.05) is 19.2 Å². The molecule has 0 unspecified atom stereocenters. The lowest BCUT2D eigenvalue weighted by atomic mass is 9.50. The van der Waals surface area contributed by atoms with Gasteiger partial charge in [-0.15, -0.1) is 0 Å². The fraction of sp³-hybridized carbons (Fsp3) is 0.433. The van der Waals surface area contributed by atoms with Crippen LogP contribution in [-0.2, 0) is 42.3 Å². The second kappa shape index (κ2) is 9.72. The van der Waals surface area contributed by atoms with Crippen LogP contribution in [0.3, 0.4) is 0 Å². The molecule has 2 aliphatic heterocycles. The zero-order valence-corrected chi connectivity index (χ0v) is 22.0. The minimum atomic E-state index is -1.48. The number of hydrogen-bond donors (Lipinski definition) is 3. The molecule has 0 amide bonds. The fourth-order valence-corrected chi connectivity index (χ4v) is 7.10. The summed E-state index contributed by atoms with van der Waals surface area (Å²) in [6.07, 6.45) is 0.226.